The van der Waals surface area contributed by atoms with Crippen molar-refractivity contribution in [3.63, 3.8) is 0 Å². The van der Waals surface area contributed by atoms with Gasteiger partial charge in [0.1, 0.15) is 0 Å². The Morgan fingerprint density at radius 1 is 1.00 bits per heavy atom. The van der Waals surface area contributed by atoms with Crippen LogP contribution in [-0.2, 0) is 6.18 Å². The van der Waals surface area contributed by atoms with Gasteiger partial charge in [-0.1, -0.05) is 12.1 Å². The van der Waals surface area contributed by atoms with E-state index >= 15 is 0 Å². The summed E-state index contributed by atoms with van der Waals surface area (Å²) in [4.78, 5) is 3.82. The van der Waals surface area contributed by atoms with E-state index < -0.39 is 11.7 Å². The average Bonchev–Trinajstić information content (AvgIpc) is 2.29. The van der Waals surface area contributed by atoms with Gasteiger partial charge in [-0.3, -0.25) is 4.98 Å². The summed E-state index contributed by atoms with van der Waals surface area (Å²) in [5, 5.41) is 0. The maximum atomic E-state index is 12.4. The van der Waals surface area contributed by atoms with E-state index in [1.807, 2.05) is 0 Å². The Balaban J connectivity index is 2.40. The fraction of sp³-hybridized carbons (Fsp3) is 0.0833. The molecule has 1 heterocycles. The van der Waals surface area contributed by atoms with Gasteiger partial charge in [0, 0.05) is 11.8 Å². The summed E-state index contributed by atoms with van der Waals surface area (Å²) in [6, 6.07) is 6.53. The molecule has 0 fully saturated rings. The first kappa shape index (κ1) is 11.4. The minimum atomic E-state index is -4.32. The van der Waals surface area contributed by atoms with Crippen LogP contribution in [-0.4, -0.2) is 4.98 Å². The standard InChI is InChI=1S/C12H9F3N2/c13-12(14,15)9-3-1-8(2-4-9)10-5-6-17-7-11(10)16/h1-7H,16H2. The summed E-state index contributed by atoms with van der Waals surface area (Å²) < 4.78 is 37.1. The third-order valence-corrected chi connectivity index (χ3v) is 2.38. The van der Waals surface area contributed by atoms with Gasteiger partial charge in [-0.2, -0.15) is 13.2 Å². The van der Waals surface area contributed by atoms with Gasteiger partial charge in [0.05, 0.1) is 17.4 Å². The van der Waals surface area contributed by atoms with E-state index in [1.54, 1.807) is 12.3 Å². The summed E-state index contributed by atoms with van der Waals surface area (Å²) in [6.45, 7) is 0. The number of halogens is 3. The van der Waals surface area contributed by atoms with E-state index in [9.17, 15) is 13.2 Å². The molecule has 5 heteroatoms. The monoisotopic (exact) mass is 238 g/mol. The summed E-state index contributed by atoms with van der Waals surface area (Å²) in [5.74, 6) is 0. The third-order valence-electron chi connectivity index (χ3n) is 2.38. The second-order valence-corrected chi connectivity index (χ2v) is 3.54. The number of hydrogen-bond acceptors (Lipinski definition) is 2. The molecule has 17 heavy (non-hydrogen) atoms. The molecule has 2 nitrogen and oxygen atoms in total. The lowest BCUT2D eigenvalue weighted by atomic mass is 10.0. The van der Waals surface area contributed by atoms with Crippen LogP contribution < -0.4 is 5.73 Å². The van der Waals surface area contributed by atoms with Crippen LogP contribution in [0.2, 0.25) is 0 Å². The quantitative estimate of drug-likeness (QED) is 0.827. The number of nitrogen functional groups attached to an aromatic ring is 1. The summed E-state index contributed by atoms with van der Waals surface area (Å²) in [5.41, 5.74) is 6.77. The van der Waals surface area contributed by atoms with Crippen molar-refractivity contribution >= 4 is 5.69 Å². The Bertz CT molecular complexity index is 518. The predicted octanol–water partition coefficient (Wildman–Crippen LogP) is 3.35. The molecule has 0 aliphatic heterocycles. The zero-order valence-electron chi connectivity index (χ0n) is 8.70. The maximum absolute atomic E-state index is 12.4. The molecular formula is C12H9F3N2. The van der Waals surface area contributed by atoms with E-state index in [1.165, 1.54) is 18.3 Å². The molecule has 0 atom stereocenters. The zero-order chi connectivity index (χ0) is 12.5. The van der Waals surface area contributed by atoms with Gasteiger partial charge in [-0.05, 0) is 23.8 Å². The number of benzene rings is 1. The lowest BCUT2D eigenvalue weighted by Crippen LogP contribution is -2.04. The zero-order valence-corrected chi connectivity index (χ0v) is 8.70. The highest BCUT2D eigenvalue weighted by molar-refractivity contribution is 5.75. The number of rotatable bonds is 1. The van der Waals surface area contributed by atoms with Crippen molar-refractivity contribution in [3.05, 3.63) is 48.3 Å². The topological polar surface area (TPSA) is 38.9 Å². The Hall–Kier alpha value is -2.04. The van der Waals surface area contributed by atoms with E-state index in [4.69, 9.17) is 5.73 Å². The van der Waals surface area contributed by atoms with Crippen LogP contribution in [0.25, 0.3) is 11.1 Å². The Morgan fingerprint density at radius 3 is 2.18 bits per heavy atom. The van der Waals surface area contributed by atoms with Gasteiger partial charge in [0.15, 0.2) is 0 Å². The van der Waals surface area contributed by atoms with Crippen molar-refractivity contribution in [2.75, 3.05) is 5.73 Å². The number of nitrogens with two attached hydrogens (primary N) is 1. The molecule has 0 aliphatic carbocycles. The SMILES string of the molecule is Nc1cnccc1-c1ccc(C(F)(F)F)cc1. The lowest BCUT2D eigenvalue weighted by Gasteiger charge is -2.08. The molecule has 88 valence electrons. The molecule has 0 radical (unpaired) electrons. The predicted molar refractivity (Wildman–Crippen MR) is 59.1 cm³/mol. The molecule has 0 amide bonds. The van der Waals surface area contributed by atoms with Gasteiger partial charge < -0.3 is 5.73 Å². The first-order valence-electron chi connectivity index (χ1n) is 4.85. The molecule has 2 rings (SSSR count). The highest BCUT2D eigenvalue weighted by atomic mass is 19.4. The number of aromatic nitrogens is 1. The van der Waals surface area contributed by atoms with Crippen LogP contribution in [0.5, 0.6) is 0 Å². The van der Waals surface area contributed by atoms with Crippen LogP contribution in [0, 0.1) is 0 Å². The highest BCUT2D eigenvalue weighted by Gasteiger charge is 2.29. The van der Waals surface area contributed by atoms with Crippen molar-refractivity contribution in [2.24, 2.45) is 0 Å². The Kier molecular flexibility index (Phi) is 2.75. The molecule has 1 aromatic heterocycles. The molecule has 0 unspecified atom stereocenters. The van der Waals surface area contributed by atoms with E-state index in [0.717, 1.165) is 12.1 Å². The molecular weight excluding hydrogens is 229 g/mol. The number of hydrogen-bond donors (Lipinski definition) is 1. The second kappa shape index (κ2) is 4.08. The van der Waals surface area contributed by atoms with Gasteiger partial charge in [0.2, 0.25) is 0 Å². The molecule has 1 aromatic carbocycles. The van der Waals surface area contributed by atoms with Gasteiger partial charge in [-0.25, -0.2) is 0 Å². The van der Waals surface area contributed by atoms with Crippen molar-refractivity contribution in [1.29, 1.82) is 0 Å². The first-order chi connectivity index (χ1) is 7.98. The minimum Gasteiger partial charge on any atom is -0.397 e. The molecule has 2 aromatic rings. The molecule has 0 spiro atoms. The number of anilines is 1. The van der Waals surface area contributed by atoms with Crippen LogP contribution in [0.3, 0.4) is 0 Å². The molecule has 0 bridgehead atoms. The molecule has 0 saturated heterocycles. The summed E-state index contributed by atoms with van der Waals surface area (Å²) >= 11 is 0. The maximum Gasteiger partial charge on any atom is 0.416 e. The van der Waals surface area contributed by atoms with Crippen LogP contribution >= 0.6 is 0 Å². The molecule has 2 N–H and O–H groups in total. The fourth-order valence-corrected chi connectivity index (χ4v) is 1.51. The van der Waals surface area contributed by atoms with Crippen molar-refractivity contribution in [1.82, 2.24) is 4.98 Å². The fourth-order valence-electron chi connectivity index (χ4n) is 1.51. The summed E-state index contributed by atoms with van der Waals surface area (Å²) in [7, 11) is 0. The summed E-state index contributed by atoms with van der Waals surface area (Å²) in [6.07, 6.45) is -1.31. The van der Waals surface area contributed by atoms with Gasteiger partial charge in [-0.15, -0.1) is 0 Å². The number of alkyl halides is 3. The average molecular weight is 238 g/mol. The lowest BCUT2D eigenvalue weighted by molar-refractivity contribution is -0.137. The van der Waals surface area contributed by atoms with Gasteiger partial charge in [0.25, 0.3) is 0 Å². The Morgan fingerprint density at radius 2 is 1.65 bits per heavy atom. The van der Waals surface area contributed by atoms with Crippen LogP contribution in [0.4, 0.5) is 18.9 Å². The second-order valence-electron chi connectivity index (χ2n) is 3.54. The van der Waals surface area contributed by atoms with Crippen molar-refractivity contribution in [3.8, 4) is 11.1 Å². The van der Waals surface area contributed by atoms with Crippen molar-refractivity contribution < 1.29 is 13.2 Å². The first-order valence-corrected chi connectivity index (χ1v) is 4.85. The van der Waals surface area contributed by atoms with E-state index in [-0.39, 0.29) is 0 Å². The molecule has 0 saturated carbocycles. The van der Waals surface area contributed by atoms with Crippen LogP contribution in [0.1, 0.15) is 5.56 Å². The third kappa shape index (κ3) is 2.38. The highest BCUT2D eigenvalue weighted by Crippen LogP contribution is 2.31. The largest absolute Gasteiger partial charge is 0.416 e. The number of pyridine rings is 1. The minimum absolute atomic E-state index is 0.437. The Labute approximate surface area is 95.9 Å². The van der Waals surface area contributed by atoms with E-state index in [2.05, 4.69) is 4.98 Å². The van der Waals surface area contributed by atoms with Crippen LogP contribution in [0.15, 0.2) is 42.7 Å². The smallest absolute Gasteiger partial charge is 0.397 e. The van der Waals surface area contributed by atoms with Crippen molar-refractivity contribution in [2.45, 2.75) is 6.18 Å². The molecule has 0 aliphatic rings. The normalized spacial score (nSPS) is 11.5. The number of nitrogens with zero attached hydrogens (tertiary/aromatic N) is 1. The van der Waals surface area contributed by atoms with Gasteiger partial charge >= 0.3 is 6.18 Å². The van der Waals surface area contributed by atoms with E-state index in [0.29, 0.717) is 16.8 Å².